The van der Waals surface area contributed by atoms with E-state index in [1.165, 1.54) is 30.9 Å². The van der Waals surface area contributed by atoms with Crippen molar-refractivity contribution in [3.63, 3.8) is 0 Å². The van der Waals surface area contributed by atoms with Crippen LogP contribution in [0.4, 0.5) is 10.1 Å². The second-order valence-corrected chi connectivity index (χ2v) is 8.91. The van der Waals surface area contributed by atoms with E-state index in [2.05, 4.69) is 26.2 Å². The maximum Gasteiger partial charge on any atom is 0.266 e. The number of anilines is 1. The van der Waals surface area contributed by atoms with Crippen molar-refractivity contribution in [1.29, 1.82) is 0 Å². The van der Waals surface area contributed by atoms with Gasteiger partial charge in [-0.2, -0.15) is 0 Å². The zero-order valence-electron chi connectivity index (χ0n) is 18.2. The Bertz CT molecular complexity index is 1440. The van der Waals surface area contributed by atoms with Crippen molar-refractivity contribution < 1.29 is 18.7 Å². The number of benzene rings is 3. The van der Waals surface area contributed by atoms with E-state index in [0.29, 0.717) is 37.7 Å². The first-order valence-electron chi connectivity index (χ1n) is 10.0. The SMILES string of the molecule is COc1ccc(-n2c(SCC(=O)Nc3ccc(Br)cc3F)nc3ccccc3c2=O)cc1OC. The molecule has 0 saturated heterocycles. The van der Waals surface area contributed by atoms with Crippen molar-refractivity contribution >= 4 is 50.2 Å². The number of hydrogen-bond acceptors (Lipinski definition) is 6. The molecule has 0 bridgehead atoms. The molecule has 0 atom stereocenters. The summed E-state index contributed by atoms with van der Waals surface area (Å²) in [6, 6.07) is 16.4. The standard InChI is InChI=1S/C24H19BrFN3O4S/c1-32-20-10-8-15(12-21(20)33-2)29-23(31)16-5-3-4-6-18(16)28-24(29)34-13-22(30)27-19-9-7-14(25)11-17(19)26/h3-12H,13H2,1-2H3,(H,27,30). The number of nitrogens with one attached hydrogen (secondary N) is 1. The Labute approximate surface area is 207 Å². The molecule has 1 amide bonds. The van der Waals surface area contributed by atoms with Crippen LogP contribution in [0.5, 0.6) is 11.5 Å². The number of carbonyl (C=O) groups is 1. The summed E-state index contributed by atoms with van der Waals surface area (Å²) in [5.41, 5.74) is 0.783. The van der Waals surface area contributed by atoms with Crippen LogP contribution < -0.4 is 20.3 Å². The molecular formula is C24H19BrFN3O4S. The smallest absolute Gasteiger partial charge is 0.266 e. The third-order valence-corrected chi connectivity index (χ3v) is 6.34. The third kappa shape index (κ3) is 4.92. The topological polar surface area (TPSA) is 82.5 Å². The van der Waals surface area contributed by atoms with Gasteiger partial charge in [0.1, 0.15) is 5.82 Å². The number of fused-ring (bicyclic) bond motifs is 1. The first kappa shape index (κ1) is 23.8. The van der Waals surface area contributed by atoms with Crippen LogP contribution in [0.25, 0.3) is 16.6 Å². The van der Waals surface area contributed by atoms with Crippen molar-refractivity contribution in [2.24, 2.45) is 0 Å². The van der Waals surface area contributed by atoms with Crippen LogP contribution in [0.1, 0.15) is 0 Å². The number of carbonyl (C=O) groups excluding carboxylic acids is 1. The summed E-state index contributed by atoms with van der Waals surface area (Å²) >= 11 is 4.25. The number of thioether (sulfide) groups is 1. The normalized spacial score (nSPS) is 10.8. The number of methoxy groups -OCH3 is 2. The quantitative estimate of drug-likeness (QED) is 0.260. The molecule has 4 aromatic rings. The maximum atomic E-state index is 14.1. The number of aromatic nitrogens is 2. The van der Waals surface area contributed by atoms with Crippen molar-refractivity contribution in [1.82, 2.24) is 9.55 Å². The Hall–Kier alpha value is -3.37. The second-order valence-electron chi connectivity index (χ2n) is 7.05. The summed E-state index contributed by atoms with van der Waals surface area (Å²) in [5, 5.41) is 3.29. The molecule has 0 radical (unpaired) electrons. The molecule has 10 heteroatoms. The van der Waals surface area contributed by atoms with E-state index in [9.17, 15) is 14.0 Å². The predicted molar refractivity (Wildman–Crippen MR) is 134 cm³/mol. The number of amides is 1. The Kier molecular flexibility index (Phi) is 7.18. The fourth-order valence-corrected chi connectivity index (χ4v) is 4.45. The van der Waals surface area contributed by atoms with Crippen LogP contribution in [0.15, 0.2) is 75.1 Å². The summed E-state index contributed by atoms with van der Waals surface area (Å²) in [6.07, 6.45) is 0. The maximum absolute atomic E-state index is 14.1. The highest BCUT2D eigenvalue weighted by Crippen LogP contribution is 2.30. The highest BCUT2D eigenvalue weighted by molar-refractivity contribution is 9.10. The van der Waals surface area contributed by atoms with Crippen molar-refractivity contribution in [3.05, 3.63) is 81.3 Å². The lowest BCUT2D eigenvalue weighted by atomic mass is 10.2. The van der Waals surface area contributed by atoms with E-state index >= 15 is 0 Å². The molecule has 1 aromatic heterocycles. The van der Waals surface area contributed by atoms with Gasteiger partial charge >= 0.3 is 0 Å². The fraction of sp³-hybridized carbons (Fsp3) is 0.125. The molecule has 0 aliphatic rings. The molecule has 3 aromatic carbocycles. The van der Waals surface area contributed by atoms with Gasteiger partial charge in [-0.25, -0.2) is 9.37 Å². The molecular weight excluding hydrogens is 525 g/mol. The van der Waals surface area contributed by atoms with Crippen LogP contribution in [0.2, 0.25) is 0 Å². The molecule has 34 heavy (non-hydrogen) atoms. The lowest BCUT2D eigenvalue weighted by Crippen LogP contribution is -2.23. The first-order valence-corrected chi connectivity index (χ1v) is 11.8. The molecule has 0 aliphatic heterocycles. The molecule has 1 heterocycles. The van der Waals surface area contributed by atoms with E-state index in [1.54, 1.807) is 48.5 Å². The van der Waals surface area contributed by atoms with Gasteiger partial charge in [-0.3, -0.25) is 14.2 Å². The van der Waals surface area contributed by atoms with Gasteiger partial charge in [0.15, 0.2) is 16.7 Å². The number of halogens is 2. The molecule has 174 valence electrons. The van der Waals surface area contributed by atoms with Gasteiger partial charge in [0, 0.05) is 10.5 Å². The highest BCUT2D eigenvalue weighted by atomic mass is 79.9. The van der Waals surface area contributed by atoms with Gasteiger partial charge in [0.05, 0.1) is 42.3 Å². The third-order valence-electron chi connectivity index (χ3n) is 4.91. The van der Waals surface area contributed by atoms with Crippen LogP contribution >= 0.6 is 27.7 Å². The molecule has 0 spiro atoms. The van der Waals surface area contributed by atoms with Gasteiger partial charge in [0.25, 0.3) is 5.56 Å². The van der Waals surface area contributed by atoms with Gasteiger partial charge in [0.2, 0.25) is 5.91 Å². The number of hydrogen-bond donors (Lipinski definition) is 1. The largest absolute Gasteiger partial charge is 0.493 e. The van der Waals surface area contributed by atoms with Crippen molar-refractivity contribution in [2.45, 2.75) is 5.16 Å². The van der Waals surface area contributed by atoms with Crippen LogP contribution in [-0.4, -0.2) is 35.4 Å². The summed E-state index contributed by atoms with van der Waals surface area (Å²) in [5.74, 6) is -0.128. The Morgan fingerprint density at radius 2 is 1.85 bits per heavy atom. The average Bonchev–Trinajstić information content (AvgIpc) is 2.84. The van der Waals surface area contributed by atoms with E-state index < -0.39 is 11.7 Å². The Morgan fingerprint density at radius 1 is 1.09 bits per heavy atom. The summed E-state index contributed by atoms with van der Waals surface area (Å²) in [4.78, 5) is 30.6. The number of nitrogens with zero attached hydrogens (tertiary/aromatic N) is 2. The lowest BCUT2D eigenvalue weighted by molar-refractivity contribution is -0.113. The van der Waals surface area contributed by atoms with Crippen LogP contribution in [0, 0.1) is 5.82 Å². The van der Waals surface area contributed by atoms with Crippen molar-refractivity contribution in [2.75, 3.05) is 25.3 Å². The van der Waals surface area contributed by atoms with Crippen molar-refractivity contribution in [3.8, 4) is 17.2 Å². The number of para-hydroxylation sites is 1. The number of ether oxygens (including phenoxy) is 2. The molecule has 4 rings (SSSR count). The summed E-state index contributed by atoms with van der Waals surface area (Å²) in [7, 11) is 3.03. The molecule has 0 saturated carbocycles. The lowest BCUT2D eigenvalue weighted by Gasteiger charge is -2.15. The Balaban J connectivity index is 1.70. The molecule has 0 unspecified atom stereocenters. The highest BCUT2D eigenvalue weighted by Gasteiger charge is 2.17. The van der Waals surface area contributed by atoms with Gasteiger partial charge in [-0.05, 0) is 42.5 Å². The van der Waals surface area contributed by atoms with Gasteiger partial charge in [-0.1, -0.05) is 39.8 Å². The zero-order chi connectivity index (χ0) is 24.2. The van der Waals surface area contributed by atoms with Gasteiger partial charge < -0.3 is 14.8 Å². The first-order chi connectivity index (χ1) is 16.4. The minimum absolute atomic E-state index is 0.0672. The molecule has 1 N–H and O–H groups in total. The van der Waals surface area contributed by atoms with E-state index in [0.717, 1.165) is 11.8 Å². The monoisotopic (exact) mass is 543 g/mol. The van der Waals surface area contributed by atoms with Gasteiger partial charge in [-0.15, -0.1) is 0 Å². The number of rotatable bonds is 7. The minimum atomic E-state index is -0.557. The Morgan fingerprint density at radius 3 is 2.59 bits per heavy atom. The molecule has 0 fully saturated rings. The van der Waals surface area contributed by atoms with E-state index in [4.69, 9.17) is 9.47 Å². The van der Waals surface area contributed by atoms with Crippen LogP contribution in [-0.2, 0) is 4.79 Å². The minimum Gasteiger partial charge on any atom is -0.493 e. The fourth-order valence-electron chi connectivity index (χ4n) is 3.31. The molecule has 0 aliphatic carbocycles. The summed E-state index contributed by atoms with van der Waals surface area (Å²) < 4.78 is 26.7. The predicted octanol–water partition coefficient (Wildman–Crippen LogP) is 5.04. The summed E-state index contributed by atoms with van der Waals surface area (Å²) in [6.45, 7) is 0. The average molecular weight is 544 g/mol. The molecule has 7 nitrogen and oxygen atoms in total. The zero-order valence-corrected chi connectivity index (χ0v) is 20.6. The van der Waals surface area contributed by atoms with E-state index in [1.807, 2.05) is 0 Å². The van der Waals surface area contributed by atoms with Crippen LogP contribution in [0.3, 0.4) is 0 Å². The second kappa shape index (κ2) is 10.3. The van der Waals surface area contributed by atoms with E-state index in [-0.39, 0.29) is 17.0 Å².